The van der Waals surface area contributed by atoms with Crippen LogP contribution in [0.15, 0.2) is 84.9 Å². The molecule has 0 spiro atoms. The number of nitrogens with one attached hydrogen (secondary N) is 2. The fraction of sp³-hybridized carbons (Fsp3) is 0.321. The molecular weight excluding hydrogens is 416 g/mol. The lowest BCUT2D eigenvalue weighted by Gasteiger charge is -2.41. The van der Waals surface area contributed by atoms with Crippen molar-refractivity contribution in [3.63, 3.8) is 0 Å². The van der Waals surface area contributed by atoms with Crippen molar-refractivity contribution >= 4 is 18.3 Å². The third-order valence-corrected chi connectivity index (χ3v) is 7.26. The lowest BCUT2D eigenvalue weighted by molar-refractivity contribution is 0.0857. The molecule has 2 aliphatic heterocycles. The molecule has 2 heterocycles. The molecule has 0 bridgehead atoms. The van der Waals surface area contributed by atoms with E-state index in [0.29, 0.717) is 11.8 Å². The first-order valence-corrected chi connectivity index (χ1v) is 11.5. The number of halogens is 1. The lowest BCUT2D eigenvalue weighted by atomic mass is 9.70. The van der Waals surface area contributed by atoms with Crippen LogP contribution in [0.3, 0.4) is 0 Å². The first-order chi connectivity index (χ1) is 15.3. The average Bonchev–Trinajstić information content (AvgIpc) is 3.14. The van der Waals surface area contributed by atoms with Gasteiger partial charge in [-0.2, -0.15) is 0 Å². The first-order valence-electron chi connectivity index (χ1n) is 11.5. The highest BCUT2D eigenvalue weighted by atomic mass is 35.5. The van der Waals surface area contributed by atoms with Crippen LogP contribution >= 0.6 is 12.4 Å². The Morgan fingerprint density at radius 1 is 0.812 bits per heavy atom. The normalized spacial score (nSPS) is 20.5. The second-order valence-electron chi connectivity index (χ2n) is 8.91. The fourth-order valence-corrected chi connectivity index (χ4v) is 5.71. The summed E-state index contributed by atoms with van der Waals surface area (Å²) in [5.74, 6) is 0.851. The van der Waals surface area contributed by atoms with Crippen molar-refractivity contribution in [2.75, 3.05) is 13.1 Å². The maximum atomic E-state index is 13.0. The van der Waals surface area contributed by atoms with Crippen LogP contribution in [-0.2, 0) is 5.54 Å². The monoisotopic (exact) mass is 446 g/mol. The molecule has 2 aliphatic rings. The van der Waals surface area contributed by atoms with E-state index in [1.807, 2.05) is 12.1 Å². The molecule has 1 saturated heterocycles. The summed E-state index contributed by atoms with van der Waals surface area (Å²) in [5.41, 5.74) is 4.46. The Kier molecular flexibility index (Phi) is 6.98. The zero-order valence-electron chi connectivity index (χ0n) is 18.3. The number of piperidine rings is 1. The molecule has 5 rings (SSSR count). The number of hydrogen-bond acceptors (Lipinski definition) is 2. The van der Waals surface area contributed by atoms with Crippen LogP contribution in [0.5, 0.6) is 0 Å². The molecule has 1 unspecified atom stereocenters. The Hall–Kier alpha value is -2.62. The molecule has 0 radical (unpaired) electrons. The third kappa shape index (κ3) is 4.20. The van der Waals surface area contributed by atoms with Crippen LogP contribution in [0.2, 0.25) is 0 Å². The minimum Gasteiger partial charge on any atom is -0.342 e. The molecule has 166 valence electrons. The van der Waals surface area contributed by atoms with Gasteiger partial charge in [0.2, 0.25) is 0 Å². The van der Waals surface area contributed by atoms with Gasteiger partial charge in [-0.3, -0.25) is 4.79 Å². The van der Waals surface area contributed by atoms with Crippen molar-refractivity contribution in [1.82, 2.24) is 10.6 Å². The standard InChI is InChI=1S/C28H30N2O.ClH/c31-27-25-13-7-8-14-26(25)28(30-27,23-16-19-29-20-17-23)18-15-24(21-9-3-1-4-10-21)22-11-5-2-6-12-22;/h1-14,23-24,29H,15-20H2,(H,30,31);1H. The van der Waals surface area contributed by atoms with E-state index in [4.69, 9.17) is 0 Å². The molecule has 1 fully saturated rings. The number of carbonyl (C=O) groups is 1. The van der Waals surface area contributed by atoms with Gasteiger partial charge in [-0.05, 0) is 67.4 Å². The summed E-state index contributed by atoms with van der Waals surface area (Å²) in [6.07, 6.45) is 4.12. The molecule has 0 aliphatic carbocycles. The minimum atomic E-state index is -0.280. The van der Waals surface area contributed by atoms with E-state index < -0.39 is 0 Å². The first kappa shape index (κ1) is 22.6. The number of benzene rings is 3. The quantitative estimate of drug-likeness (QED) is 0.513. The van der Waals surface area contributed by atoms with Crippen LogP contribution in [0.1, 0.15) is 58.6 Å². The number of fused-ring (bicyclic) bond motifs is 1. The summed E-state index contributed by atoms with van der Waals surface area (Å²) in [5, 5.41) is 6.99. The average molecular weight is 447 g/mol. The zero-order valence-corrected chi connectivity index (χ0v) is 19.1. The van der Waals surface area contributed by atoms with E-state index >= 15 is 0 Å². The maximum Gasteiger partial charge on any atom is 0.252 e. The third-order valence-electron chi connectivity index (χ3n) is 7.26. The van der Waals surface area contributed by atoms with Crippen molar-refractivity contribution in [3.05, 3.63) is 107 Å². The van der Waals surface area contributed by atoms with Gasteiger partial charge in [-0.1, -0.05) is 78.9 Å². The highest BCUT2D eigenvalue weighted by Gasteiger charge is 2.48. The number of amides is 1. The summed E-state index contributed by atoms with van der Waals surface area (Å²) < 4.78 is 0. The van der Waals surface area contributed by atoms with E-state index in [0.717, 1.165) is 44.3 Å². The lowest BCUT2D eigenvalue weighted by Crippen LogP contribution is -2.49. The molecule has 3 aromatic carbocycles. The fourth-order valence-electron chi connectivity index (χ4n) is 5.71. The number of hydrogen-bond donors (Lipinski definition) is 2. The van der Waals surface area contributed by atoms with Crippen LogP contribution < -0.4 is 10.6 Å². The Balaban J connectivity index is 0.00000245. The topological polar surface area (TPSA) is 41.1 Å². The van der Waals surface area contributed by atoms with Gasteiger partial charge >= 0.3 is 0 Å². The van der Waals surface area contributed by atoms with Gasteiger partial charge in [0.1, 0.15) is 0 Å². The van der Waals surface area contributed by atoms with E-state index in [2.05, 4.69) is 83.4 Å². The SMILES string of the molecule is Cl.O=C1NC(CCC(c2ccccc2)c2ccccc2)(C2CCNCC2)c2ccccc21. The highest BCUT2D eigenvalue weighted by Crippen LogP contribution is 2.46. The van der Waals surface area contributed by atoms with Crippen LogP contribution in [0.4, 0.5) is 0 Å². The number of rotatable bonds is 6. The number of carbonyl (C=O) groups excluding carboxylic acids is 1. The highest BCUT2D eigenvalue weighted by molar-refractivity contribution is 6.00. The van der Waals surface area contributed by atoms with Crippen molar-refractivity contribution in [3.8, 4) is 0 Å². The van der Waals surface area contributed by atoms with Crippen molar-refractivity contribution in [2.45, 2.75) is 37.1 Å². The molecule has 2 N–H and O–H groups in total. The van der Waals surface area contributed by atoms with Gasteiger partial charge in [0.25, 0.3) is 5.91 Å². The van der Waals surface area contributed by atoms with Crippen molar-refractivity contribution in [2.24, 2.45) is 5.92 Å². The Labute approximate surface area is 197 Å². The van der Waals surface area contributed by atoms with Gasteiger partial charge < -0.3 is 10.6 Å². The summed E-state index contributed by atoms with van der Waals surface area (Å²) in [7, 11) is 0. The smallest absolute Gasteiger partial charge is 0.252 e. The summed E-state index contributed by atoms with van der Waals surface area (Å²) >= 11 is 0. The summed E-state index contributed by atoms with van der Waals surface area (Å²) in [4.78, 5) is 13.0. The predicted molar refractivity (Wildman–Crippen MR) is 132 cm³/mol. The van der Waals surface area contributed by atoms with Gasteiger partial charge in [-0.25, -0.2) is 0 Å². The molecule has 4 heteroatoms. The molecule has 0 saturated carbocycles. The van der Waals surface area contributed by atoms with E-state index in [-0.39, 0.29) is 23.9 Å². The Bertz CT molecular complexity index is 994. The molecule has 1 atom stereocenters. The minimum absolute atomic E-state index is 0. The summed E-state index contributed by atoms with van der Waals surface area (Å²) in [6, 6.07) is 29.8. The van der Waals surface area contributed by atoms with E-state index in [1.54, 1.807) is 0 Å². The van der Waals surface area contributed by atoms with Crippen molar-refractivity contribution in [1.29, 1.82) is 0 Å². The molecular formula is C28H31ClN2O. The zero-order chi connectivity index (χ0) is 21.1. The molecule has 0 aromatic heterocycles. The Morgan fingerprint density at radius 3 is 2.00 bits per heavy atom. The second kappa shape index (κ2) is 9.89. The van der Waals surface area contributed by atoms with Gasteiger partial charge in [0.15, 0.2) is 0 Å². The second-order valence-corrected chi connectivity index (χ2v) is 8.91. The largest absolute Gasteiger partial charge is 0.342 e. The van der Waals surface area contributed by atoms with Crippen molar-refractivity contribution < 1.29 is 4.79 Å². The van der Waals surface area contributed by atoms with E-state index in [9.17, 15) is 4.79 Å². The summed E-state index contributed by atoms with van der Waals surface area (Å²) in [6.45, 7) is 2.04. The van der Waals surface area contributed by atoms with Crippen LogP contribution in [0, 0.1) is 5.92 Å². The maximum absolute atomic E-state index is 13.0. The van der Waals surface area contributed by atoms with Crippen LogP contribution in [-0.4, -0.2) is 19.0 Å². The van der Waals surface area contributed by atoms with Gasteiger partial charge in [0, 0.05) is 11.5 Å². The predicted octanol–water partition coefficient (Wildman–Crippen LogP) is 5.66. The molecule has 3 aromatic rings. The molecule has 32 heavy (non-hydrogen) atoms. The van der Waals surface area contributed by atoms with E-state index in [1.165, 1.54) is 16.7 Å². The van der Waals surface area contributed by atoms with Gasteiger partial charge in [-0.15, -0.1) is 12.4 Å². The Morgan fingerprint density at radius 2 is 1.38 bits per heavy atom. The molecule has 1 amide bonds. The van der Waals surface area contributed by atoms with Gasteiger partial charge in [0.05, 0.1) is 5.54 Å². The molecule has 3 nitrogen and oxygen atoms in total. The van der Waals surface area contributed by atoms with Crippen LogP contribution in [0.25, 0.3) is 0 Å².